The molecule has 1 amide bonds. The summed E-state index contributed by atoms with van der Waals surface area (Å²) in [5.41, 5.74) is 1.12. The zero-order chi connectivity index (χ0) is 16.1. The van der Waals surface area contributed by atoms with Crippen LogP contribution in [-0.2, 0) is 16.1 Å². The molecular weight excluding hydrogens is 296 g/mol. The third-order valence-electron chi connectivity index (χ3n) is 3.79. The fourth-order valence-electron chi connectivity index (χ4n) is 2.77. The van der Waals surface area contributed by atoms with Gasteiger partial charge in [-0.2, -0.15) is 5.10 Å². The van der Waals surface area contributed by atoms with Crippen LogP contribution in [0.3, 0.4) is 0 Å². The van der Waals surface area contributed by atoms with Gasteiger partial charge in [-0.05, 0) is 18.6 Å². The maximum atomic E-state index is 11.5. The summed E-state index contributed by atoms with van der Waals surface area (Å²) < 4.78 is 6.84. The fraction of sp³-hybridized carbons (Fsp3) is 0.467. The smallest absolute Gasteiger partial charge is 0.245 e. The van der Waals surface area contributed by atoms with Crippen LogP contribution in [0.25, 0.3) is 0 Å². The van der Waals surface area contributed by atoms with E-state index in [0.29, 0.717) is 12.5 Å². The summed E-state index contributed by atoms with van der Waals surface area (Å²) in [6, 6.07) is 3.98. The number of methoxy groups -OCH3 is 1. The van der Waals surface area contributed by atoms with Crippen molar-refractivity contribution in [3.63, 3.8) is 0 Å². The Balaban J connectivity index is 1.66. The van der Waals surface area contributed by atoms with E-state index in [4.69, 9.17) is 4.74 Å². The molecule has 2 aromatic rings. The molecule has 8 nitrogen and oxygen atoms in total. The van der Waals surface area contributed by atoms with Crippen molar-refractivity contribution in [3.05, 3.63) is 36.4 Å². The highest BCUT2D eigenvalue weighted by molar-refractivity contribution is 5.77. The van der Waals surface area contributed by atoms with Gasteiger partial charge in [0.25, 0.3) is 0 Å². The topological polar surface area (TPSA) is 85.2 Å². The second kappa shape index (κ2) is 7.19. The quantitative estimate of drug-likeness (QED) is 0.830. The fourth-order valence-corrected chi connectivity index (χ4v) is 2.77. The number of fused-ring (bicyclic) bond motifs is 1. The van der Waals surface area contributed by atoms with Gasteiger partial charge >= 0.3 is 0 Å². The summed E-state index contributed by atoms with van der Waals surface area (Å²) >= 11 is 0. The van der Waals surface area contributed by atoms with Crippen LogP contribution in [0.2, 0.25) is 0 Å². The molecule has 0 saturated carbocycles. The Morgan fingerprint density at radius 3 is 3.00 bits per heavy atom. The predicted octanol–water partition coefficient (Wildman–Crippen LogP) is 0.387. The molecule has 122 valence electrons. The molecule has 1 aliphatic rings. The van der Waals surface area contributed by atoms with Crippen LogP contribution in [0.4, 0.5) is 5.95 Å². The minimum Gasteiger partial charge on any atom is -0.375 e. The second-order valence-corrected chi connectivity index (χ2v) is 5.42. The summed E-state index contributed by atoms with van der Waals surface area (Å²) in [6.45, 7) is 2.16. The van der Waals surface area contributed by atoms with Crippen LogP contribution >= 0.6 is 0 Å². The molecule has 3 heterocycles. The van der Waals surface area contributed by atoms with Crippen molar-refractivity contribution in [1.29, 1.82) is 0 Å². The molecule has 0 radical (unpaired) electrons. The van der Waals surface area contributed by atoms with Gasteiger partial charge < -0.3 is 15.0 Å². The minimum atomic E-state index is -0.104. The molecule has 0 spiro atoms. The number of hydrogen-bond donors (Lipinski definition) is 1. The lowest BCUT2D eigenvalue weighted by atomic mass is 10.1. The molecule has 1 N–H and O–H groups in total. The monoisotopic (exact) mass is 316 g/mol. The van der Waals surface area contributed by atoms with E-state index < -0.39 is 0 Å². The van der Waals surface area contributed by atoms with Crippen molar-refractivity contribution in [1.82, 2.24) is 25.1 Å². The Labute approximate surface area is 134 Å². The maximum absolute atomic E-state index is 11.5. The van der Waals surface area contributed by atoms with Crippen LogP contribution in [-0.4, -0.2) is 52.5 Å². The van der Waals surface area contributed by atoms with Gasteiger partial charge in [0.05, 0.1) is 18.3 Å². The SMILES string of the molecule is COCC(=O)NCC[C@H]1CN(c2ncccn2)Cc2ccnn21. The van der Waals surface area contributed by atoms with E-state index in [1.54, 1.807) is 24.7 Å². The molecule has 1 atom stereocenters. The van der Waals surface area contributed by atoms with Gasteiger partial charge in [0.15, 0.2) is 0 Å². The first-order chi connectivity index (χ1) is 11.3. The van der Waals surface area contributed by atoms with Gasteiger partial charge in [-0.15, -0.1) is 0 Å². The van der Waals surface area contributed by atoms with E-state index in [1.165, 1.54) is 7.11 Å². The summed E-state index contributed by atoms with van der Waals surface area (Å²) in [5.74, 6) is 0.612. The first-order valence-corrected chi connectivity index (χ1v) is 7.58. The highest BCUT2D eigenvalue weighted by Crippen LogP contribution is 2.24. The normalized spacial score (nSPS) is 16.9. The van der Waals surface area contributed by atoms with Crippen molar-refractivity contribution >= 4 is 11.9 Å². The van der Waals surface area contributed by atoms with Crippen LogP contribution in [0.1, 0.15) is 18.2 Å². The van der Waals surface area contributed by atoms with E-state index >= 15 is 0 Å². The first kappa shape index (κ1) is 15.4. The zero-order valence-corrected chi connectivity index (χ0v) is 13.1. The molecule has 0 aromatic carbocycles. The molecule has 2 aromatic heterocycles. The third kappa shape index (κ3) is 3.65. The largest absolute Gasteiger partial charge is 0.375 e. The lowest BCUT2D eigenvalue weighted by molar-refractivity contribution is -0.124. The minimum absolute atomic E-state index is 0.0850. The number of amides is 1. The Morgan fingerprint density at radius 2 is 2.22 bits per heavy atom. The predicted molar refractivity (Wildman–Crippen MR) is 83.8 cm³/mol. The van der Waals surface area contributed by atoms with E-state index in [2.05, 4.69) is 25.3 Å². The number of nitrogens with zero attached hydrogens (tertiary/aromatic N) is 5. The molecule has 0 unspecified atom stereocenters. The second-order valence-electron chi connectivity index (χ2n) is 5.42. The summed E-state index contributed by atoms with van der Waals surface area (Å²) in [6.07, 6.45) is 6.08. The Morgan fingerprint density at radius 1 is 1.39 bits per heavy atom. The molecule has 23 heavy (non-hydrogen) atoms. The summed E-state index contributed by atoms with van der Waals surface area (Å²) in [5, 5.41) is 7.27. The average Bonchev–Trinajstić information content (AvgIpc) is 3.04. The molecule has 1 aliphatic heterocycles. The van der Waals surface area contributed by atoms with Crippen molar-refractivity contribution in [3.8, 4) is 0 Å². The van der Waals surface area contributed by atoms with Crippen LogP contribution in [0, 0.1) is 0 Å². The number of carbonyl (C=O) groups excluding carboxylic acids is 1. The van der Waals surface area contributed by atoms with E-state index in [-0.39, 0.29) is 18.6 Å². The van der Waals surface area contributed by atoms with Crippen molar-refractivity contribution in [2.75, 3.05) is 31.7 Å². The standard InChI is InChI=1S/C15H20N6O2/c1-23-11-14(22)16-7-3-12-9-20(15-17-5-2-6-18-15)10-13-4-8-19-21(12)13/h2,4-6,8,12H,3,7,9-11H2,1H3,(H,16,22)/t12-/m0/s1. The van der Waals surface area contributed by atoms with E-state index in [0.717, 1.165) is 25.2 Å². The van der Waals surface area contributed by atoms with Gasteiger partial charge in [-0.1, -0.05) is 0 Å². The maximum Gasteiger partial charge on any atom is 0.245 e. The Hall–Kier alpha value is -2.48. The van der Waals surface area contributed by atoms with Crippen LogP contribution < -0.4 is 10.2 Å². The van der Waals surface area contributed by atoms with Crippen molar-refractivity contribution in [2.24, 2.45) is 0 Å². The first-order valence-electron chi connectivity index (χ1n) is 7.58. The number of aromatic nitrogens is 4. The van der Waals surface area contributed by atoms with Crippen molar-refractivity contribution < 1.29 is 9.53 Å². The van der Waals surface area contributed by atoms with Gasteiger partial charge in [-0.25, -0.2) is 9.97 Å². The molecule has 0 bridgehead atoms. The van der Waals surface area contributed by atoms with Crippen LogP contribution in [0.15, 0.2) is 30.7 Å². The molecule has 0 fully saturated rings. The number of nitrogens with one attached hydrogen (secondary N) is 1. The molecule has 3 rings (SSSR count). The molecule has 0 saturated heterocycles. The zero-order valence-electron chi connectivity index (χ0n) is 13.1. The lowest BCUT2D eigenvalue weighted by Gasteiger charge is -2.33. The molecule has 0 aliphatic carbocycles. The van der Waals surface area contributed by atoms with Gasteiger partial charge in [0.2, 0.25) is 11.9 Å². The molecular formula is C15H20N6O2. The Bertz CT molecular complexity index is 644. The number of carbonyl (C=O) groups is 1. The summed E-state index contributed by atoms with van der Waals surface area (Å²) in [4.78, 5) is 22.3. The van der Waals surface area contributed by atoms with Gasteiger partial charge in [0.1, 0.15) is 6.61 Å². The van der Waals surface area contributed by atoms with Crippen molar-refractivity contribution in [2.45, 2.75) is 19.0 Å². The van der Waals surface area contributed by atoms with Crippen LogP contribution in [0.5, 0.6) is 0 Å². The number of ether oxygens (including phenoxy) is 1. The Kier molecular flexibility index (Phi) is 4.82. The number of anilines is 1. The number of hydrogen-bond acceptors (Lipinski definition) is 6. The highest BCUT2D eigenvalue weighted by Gasteiger charge is 2.26. The highest BCUT2D eigenvalue weighted by atomic mass is 16.5. The third-order valence-corrected chi connectivity index (χ3v) is 3.79. The van der Waals surface area contributed by atoms with Gasteiger partial charge in [0, 0.05) is 38.8 Å². The summed E-state index contributed by atoms with van der Waals surface area (Å²) in [7, 11) is 1.51. The average molecular weight is 316 g/mol. The van der Waals surface area contributed by atoms with Gasteiger partial charge in [-0.3, -0.25) is 9.48 Å². The van der Waals surface area contributed by atoms with E-state index in [9.17, 15) is 4.79 Å². The molecule has 8 heteroatoms. The van der Waals surface area contributed by atoms with E-state index in [1.807, 2.05) is 10.7 Å². The lowest BCUT2D eigenvalue weighted by Crippen LogP contribution is -2.40. The number of rotatable bonds is 6.